The first-order valence-corrected chi connectivity index (χ1v) is 7.67. The maximum absolute atomic E-state index is 12.0. The monoisotopic (exact) mass is 393 g/mol. The van der Waals surface area contributed by atoms with Crippen LogP contribution in [0.2, 0.25) is 0 Å². The summed E-state index contributed by atoms with van der Waals surface area (Å²) in [6.45, 7) is 7.25. The van der Waals surface area contributed by atoms with E-state index in [2.05, 4.69) is 32.9 Å². The number of carbonyl (C=O) groups excluding carboxylic acids is 1. The number of ether oxygens (including phenoxy) is 1. The molecule has 1 aliphatic heterocycles. The Kier molecular flexibility index (Phi) is 4.52. The molecule has 2 rings (SSSR count). The third-order valence-corrected chi connectivity index (χ3v) is 4.17. The summed E-state index contributed by atoms with van der Waals surface area (Å²) in [4.78, 5) is 13.7. The average Bonchev–Trinajstić information content (AvgIpc) is 2.92. The van der Waals surface area contributed by atoms with Crippen molar-refractivity contribution in [1.82, 2.24) is 19.9 Å². The van der Waals surface area contributed by atoms with E-state index in [1.807, 2.05) is 25.5 Å². The third-order valence-electron chi connectivity index (χ3n) is 3.06. The summed E-state index contributed by atoms with van der Waals surface area (Å²) in [7, 11) is 0. The van der Waals surface area contributed by atoms with Crippen molar-refractivity contribution in [2.45, 2.75) is 45.4 Å². The SMILES string of the molecule is CC(C)(C)OC(=O)N1CCC(n2nnc(CN)c2I)C1. The number of halogens is 1. The Balaban J connectivity index is 2.02. The van der Waals surface area contributed by atoms with Gasteiger partial charge in [-0.1, -0.05) is 5.21 Å². The fourth-order valence-corrected chi connectivity index (χ4v) is 2.93. The minimum atomic E-state index is -0.469. The molecule has 0 radical (unpaired) electrons. The lowest BCUT2D eigenvalue weighted by molar-refractivity contribution is 0.0288. The highest BCUT2D eigenvalue weighted by Crippen LogP contribution is 2.25. The zero-order valence-electron chi connectivity index (χ0n) is 12.0. The highest BCUT2D eigenvalue weighted by atomic mass is 127. The van der Waals surface area contributed by atoms with Gasteiger partial charge in [0.05, 0.1) is 6.04 Å². The molecule has 0 aromatic carbocycles. The molecule has 0 saturated carbocycles. The molecule has 1 saturated heterocycles. The molecule has 20 heavy (non-hydrogen) atoms. The molecule has 1 amide bonds. The van der Waals surface area contributed by atoms with Crippen molar-refractivity contribution >= 4 is 28.7 Å². The standard InChI is InChI=1S/C12H20IN5O2/c1-12(2,3)20-11(19)17-5-4-8(7-17)18-10(13)9(6-14)15-16-18/h8H,4-7,14H2,1-3H3. The lowest BCUT2D eigenvalue weighted by Gasteiger charge is -2.24. The van der Waals surface area contributed by atoms with Crippen LogP contribution < -0.4 is 5.73 Å². The van der Waals surface area contributed by atoms with E-state index in [1.54, 1.807) is 4.90 Å². The Morgan fingerprint density at radius 2 is 2.25 bits per heavy atom. The first kappa shape index (κ1) is 15.5. The van der Waals surface area contributed by atoms with Gasteiger partial charge in [0, 0.05) is 19.6 Å². The van der Waals surface area contributed by atoms with Gasteiger partial charge in [0.2, 0.25) is 0 Å². The Morgan fingerprint density at radius 3 is 2.80 bits per heavy atom. The number of aromatic nitrogens is 3. The average molecular weight is 393 g/mol. The van der Waals surface area contributed by atoms with Crippen molar-refractivity contribution in [1.29, 1.82) is 0 Å². The Morgan fingerprint density at radius 1 is 1.55 bits per heavy atom. The Bertz CT molecular complexity index is 497. The number of nitrogens with two attached hydrogens (primary N) is 1. The van der Waals surface area contributed by atoms with Crippen LogP contribution >= 0.6 is 22.6 Å². The predicted molar refractivity (Wildman–Crippen MR) is 82.1 cm³/mol. The van der Waals surface area contributed by atoms with Gasteiger partial charge in [0.15, 0.2) is 0 Å². The maximum atomic E-state index is 12.0. The summed E-state index contributed by atoms with van der Waals surface area (Å²) in [6, 6.07) is 0.141. The molecule has 2 heterocycles. The van der Waals surface area contributed by atoms with Crippen molar-refractivity contribution in [3.8, 4) is 0 Å². The molecule has 0 bridgehead atoms. The van der Waals surface area contributed by atoms with E-state index < -0.39 is 5.60 Å². The molecule has 1 aromatic heterocycles. The lowest BCUT2D eigenvalue weighted by Crippen LogP contribution is -2.35. The summed E-state index contributed by atoms with van der Waals surface area (Å²) in [5.41, 5.74) is 5.93. The topological polar surface area (TPSA) is 86.3 Å². The van der Waals surface area contributed by atoms with Crippen LogP contribution in [0.1, 0.15) is 38.9 Å². The number of rotatable bonds is 2. The van der Waals surface area contributed by atoms with Gasteiger partial charge in [-0.15, -0.1) is 5.10 Å². The molecule has 0 spiro atoms. The molecule has 1 aliphatic rings. The van der Waals surface area contributed by atoms with Gasteiger partial charge in [-0.05, 0) is 49.8 Å². The van der Waals surface area contributed by atoms with Gasteiger partial charge >= 0.3 is 6.09 Å². The van der Waals surface area contributed by atoms with Crippen molar-refractivity contribution < 1.29 is 9.53 Å². The van der Waals surface area contributed by atoms with Crippen LogP contribution in [0.25, 0.3) is 0 Å². The molecule has 2 N–H and O–H groups in total. The van der Waals surface area contributed by atoms with Crippen LogP contribution in [0.15, 0.2) is 0 Å². The van der Waals surface area contributed by atoms with E-state index in [4.69, 9.17) is 10.5 Å². The Labute approximate surface area is 132 Å². The van der Waals surface area contributed by atoms with Crippen LogP contribution in [0.5, 0.6) is 0 Å². The van der Waals surface area contributed by atoms with Crippen LogP contribution in [0.3, 0.4) is 0 Å². The molecule has 7 nitrogen and oxygen atoms in total. The summed E-state index contributed by atoms with van der Waals surface area (Å²) >= 11 is 2.20. The summed E-state index contributed by atoms with van der Waals surface area (Å²) in [6.07, 6.45) is 0.581. The number of hydrogen-bond donors (Lipinski definition) is 1. The minimum Gasteiger partial charge on any atom is -0.444 e. The van der Waals surface area contributed by atoms with E-state index in [0.29, 0.717) is 19.6 Å². The maximum Gasteiger partial charge on any atom is 0.410 e. The lowest BCUT2D eigenvalue weighted by atomic mass is 10.2. The molecule has 1 fully saturated rings. The normalized spacial score (nSPS) is 19.4. The van der Waals surface area contributed by atoms with E-state index in [1.165, 1.54) is 0 Å². The number of nitrogens with zero attached hydrogens (tertiary/aromatic N) is 4. The van der Waals surface area contributed by atoms with E-state index in [0.717, 1.165) is 15.8 Å². The zero-order chi connectivity index (χ0) is 14.9. The fraction of sp³-hybridized carbons (Fsp3) is 0.750. The summed E-state index contributed by atoms with van der Waals surface area (Å²) < 4.78 is 8.18. The quantitative estimate of drug-likeness (QED) is 0.771. The second-order valence-electron chi connectivity index (χ2n) is 5.84. The molecule has 8 heteroatoms. The van der Waals surface area contributed by atoms with Gasteiger partial charge < -0.3 is 15.4 Å². The molecule has 1 unspecified atom stereocenters. The van der Waals surface area contributed by atoms with E-state index >= 15 is 0 Å². The minimum absolute atomic E-state index is 0.141. The van der Waals surface area contributed by atoms with Crippen molar-refractivity contribution in [3.63, 3.8) is 0 Å². The van der Waals surface area contributed by atoms with Crippen molar-refractivity contribution in [2.75, 3.05) is 13.1 Å². The first-order valence-electron chi connectivity index (χ1n) is 6.59. The van der Waals surface area contributed by atoms with Crippen LogP contribution in [0, 0.1) is 3.70 Å². The second kappa shape index (κ2) is 5.84. The van der Waals surface area contributed by atoms with Gasteiger partial charge in [-0.3, -0.25) is 0 Å². The van der Waals surface area contributed by atoms with Crippen LogP contribution in [-0.4, -0.2) is 44.7 Å². The molecular weight excluding hydrogens is 373 g/mol. The van der Waals surface area contributed by atoms with Crippen LogP contribution in [0.4, 0.5) is 4.79 Å². The summed E-state index contributed by atoms with van der Waals surface area (Å²) in [5, 5.41) is 8.19. The Hall–Kier alpha value is -0.900. The number of amides is 1. The van der Waals surface area contributed by atoms with Gasteiger partial charge in [-0.2, -0.15) is 0 Å². The van der Waals surface area contributed by atoms with Gasteiger partial charge in [0.1, 0.15) is 15.0 Å². The molecule has 1 atom stereocenters. The molecule has 0 aliphatic carbocycles. The molecule has 1 aromatic rings. The van der Waals surface area contributed by atoms with Crippen LogP contribution in [-0.2, 0) is 11.3 Å². The first-order chi connectivity index (χ1) is 9.31. The zero-order valence-corrected chi connectivity index (χ0v) is 14.1. The molecular formula is C12H20IN5O2. The largest absolute Gasteiger partial charge is 0.444 e. The van der Waals surface area contributed by atoms with E-state index in [-0.39, 0.29) is 12.1 Å². The number of likely N-dealkylation sites (tertiary alicyclic amines) is 1. The van der Waals surface area contributed by atoms with Crippen molar-refractivity contribution in [3.05, 3.63) is 9.39 Å². The third kappa shape index (κ3) is 3.40. The highest BCUT2D eigenvalue weighted by Gasteiger charge is 2.32. The number of hydrogen-bond acceptors (Lipinski definition) is 5. The smallest absolute Gasteiger partial charge is 0.410 e. The predicted octanol–water partition coefficient (Wildman–Crippen LogP) is 1.52. The van der Waals surface area contributed by atoms with Crippen molar-refractivity contribution in [2.24, 2.45) is 5.73 Å². The van der Waals surface area contributed by atoms with Gasteiger partial charge in [0.25, 0.3) is 0 Å². The van der Waals surface area contributed by atoms with E-state index in [9.17, 15) is 4.79 Å². The summed E-state index contributed by atoms with van der Waals surface area (Å²) in [5.74, 6) is 0. The molecule has 112 valence electrons. The number of carbonyl (C=O) groups is 1. The van der Waals surface area contributed by atoms with Gasteiger partial charge in [-0.25, -0.2) is 9.48 Å². The highest BCUT2D eigenvalue weighted by molar-refractivity contribution is 14.1. The fourth-order valence-electron chi connectivity index (χ4n) is 2.11. The second-order valence-corrected chi connectivity index (χ2v) is 6.87.